The fourth-order valence-electron chi connectivity index (χ4n) is 3.14. The third-order valence-corrected chi connectivity index (χ3v) is 4.72. The van der Waals surface area contributed by atoms with Crippen molar-refractivity contribution >= 4 is 11.8 Å². The summed E-state index contributed by atoms with van der Waals surface area (Å²) in [7, 11) is 0. The maximum Gasteiger partial charge on any atom is 0.236 e. The number of morpholine rings is 1. The van der Waals surface area contributed by atoms with Gasteiger partial charge in [-0.15, -0.1) is 0 Å². The summed E-state index contributed by atoms with van der Waals surface area (Å²) in [5, 5.41) is 0. The highest BCUT2D eigenvalue weighted by Crippen LogP contribution is 2.09. The fourth-order valence-corrected chi connectivity index (χ4v) is 3.14. The van der Waals surface area contributed by atoms with Crippen LogP contribution in [0.15, 0.2) is 24.3 Å². The molecule has 2 heterocycles. The number of carbonyl (C=O) groups excluding carboxylic acids is 2. The number of amides is 2. The lowest BCUT2D eigenvalue weighted by Crippen LogP contribution is -2.53. The lowest BCUT2D eigenvalue weighted by atomic mass is 10.1. The van der Waals surface area contributed by atoms with Gasteiger partial charge in [-0.25, -0.2) is 4.39 Å². The van der Waals surface area contributed by atoms with Crippen LogP contribution in [0.2, 0.25) is 0 Å². The minimum Gasteiger partial charge on any atom is -0.379 e. The summed E-state index contributed by atoms with van der Waals surface area (Å²) in [4.78, 5) is 30.4. The summed E-state index contributed by atoms with van der Waals surface area (Å²) in [6.07, 6.45) is 0.266. The average Bonchev–Trinajstić information content (AvgIpc) is 2.64. The van der Waals surface area contributed by atoms with Gasteiger partial charge in [-0.2, -0.15) is 0 Å². The van der Waals surface area contributed by atoms with Crippen LogP contribution in [0.25, 0.3) is 0 Å². The van der Waals surface area contributed by atoms with Gasteiger partial charge in [0.05, 0.1) is 26.2 Å². The number of nitrogens with zero attached hydrogens (tertiary/aromatic N) is 3. The number of rotatable bonds is 4. The van der Waals surface area contributed by atoms with E-state index >= 15 is 0 Å². The molecule has 6 nitrogen and oxygen atoms in total. The van der Waals surface area contributed by atoms with Crippen molar-refractivity contribution in [1.82, 2.24) is 14.7 Å². The predicted molar refractivity (Wildman–Crippen MR) is 90.5 cm³/mol. The quantitative estimate of drug-likeness (QED) is 0.788. The molecule has 2 aliphatic heterocycles. The Labute approximate surface area is 147 Å². The minimum atomic E-state index is -0.302. The zero-order valence-electron chi connectivity index (χ0n) is 14.3. The summed E-state index contributed by atoms with van der Waals surface area (Å²) >= 11 is 0. The predicted octanol–water partition coefficient (Wildman–Crippen LogP) is 0.371. The van der Waals surface area contributed by atoms with E-state index in [0.29, 0.717) is 45.9 Å². The van der Waals surface area contributed by atoms with Crippen molar-refractivity contribution in [2.75, 3.05) is 59.0 Å². The molecule has 0 saturated carbocycles. The molecular formula is C18H24FN3O3. The lowest BCUT2D eigenvalue weighted by Gasteiger charge is -2.36. The molecule has 1 aromatic rings. The van der Waals surface area contributed by atoms with Crippen LogP contribution in [0.4, 0.5) is 4.39 Å². The fraction of sp³-hybridized carbons (Fsp3) is 0.556. The second-order valence-electron chi connectivity index (χ2n) is 6.45. The SMILES string of the molecule is O=C(Cc1ccc(F)cc1)N1CCN(C(=O)CN2CCOCC2)CC1. The van der Waals surface area contributed by atoms with Crippen LogP contribution in [0, 0.1) is 5.82 Å². The molecule has 0 bridgehead atoms. The molecule has 0 aromatic heterocycles. The Hall–Kier alpha value is -1.99. The minimum absolute atomic E-state index is 0.0203. The standard InChI is InChI=1S/C18H24FN3O3/c19-16-3-1-15(2-4-16)13-17(23)21-5-7-22(8-6-21)18(24)14-20-9-11-25-12-10-20/h1-4H,5-14H2. The highest BCUT2D eigenvalue weighted by atomic mass is 19.1. The first-order valence-electron chi connectivity index (χ1n) is 8.72. The van der Waals surface area contributed by atoms with E-state index in [2.05, 4.69) is 4.90 Å². The van der Waals surface area contributed by atoms with Crippen molar-refractivity contribution in [3.63, 3.8) is 0 Å². The summed E-state index contributed by atoms with van der Waals surface area (Å²) in [5.41, 5.74) is 0.803. The Morgan fingerprint density at radius 1 is 0.880 bits per heavy atom. The second-order valence-corrected chi connectivity index (χ2v) is 6.45. The van der Waals surface area contributed by atoms with Gasteiger partial charge in [-0.1, -0.05) is 12.1 Å². The van der Waals surface area contributed by atoms with E-state index in [1.54, 1.807) is 17.0 Å². The van der Waals surface area contributed by atoms with Gasteiger partial charge in [-0.3, -0.25) is 14.5 Å². The number of hydrogen-bond donors (Lipinski definition) is 0. The largest absolute Gasteiger partial charge is 0.379 e. The summed E-state index contributed by atoms with van der Waals surface area (Å²) in [6, 6.07) is 6.00. The van der Waals surface area contributed by atoms with E-state index in [4.69, 9.17) is 4.74 Å². The van der Waals surface area contributed by atoms with Crippen LogP contribution in [-0.4, -0.2) is 85.5 Å². The average molecular weight is 349 g/mol. The van der Waals surface area contributed by atoms with Crippen LogP contribution in [0.1, 0.15) is 5.56 Å². The number of halogens is 1. The number of piperazine rings is 1. The van der Waals surface area contributed by atoms with E-state index in [0.717, 1.165) is 18.7 Å². The third kappa shape index (κ3) is 4.99. The van der Waals surface area contributed by atoms with Crippen molar-refractivity contribution in [3.05, 3.63) is 35.6 Å². The molecule has 2 saturated heterocycles. The van der Waals surface area contributed by atoms with Gasteiger partial charge >= 0.3 is 0 Å². The maximum atomic E-state index is 12.9. The van der Waals surface area contributed by atoms with Crippen molar-refractivity contribution in [3.8, 4) is 0 Å². The highest BCUT2D eigenvalue weighted by molar-refractivity contribution is 5.80. The Morgan fingerprint density at radius 3 is 2.04 bits per heavy atom. The lowest BCUT2D eigenvalue weighted by molar-refractivity contribution is -0.140. The normalized spacial score (nSPS) is 19.1. The Bertz CT molecular complexity index is 594. The molecular weight excluding hydrogens is 325 g/mol. The topological polar surface area (TPSA) is 53.1 Å². The zero-order valence-corrected chi connectivity index (χ0v) is 14.3. The van der Waals surface area contributed by atoms with Crippen LogP contribution in [0.5, 0.6) is 0 Å². The molecule has 0 spiro atoms. The maximum absolute atomic E-state index is 12.9. The molecule has 2 aliphatic rings. The van der Waals surface area contributed by atoms with Gasteiger partial charge in [0.25, 0.3) is 0 Å². The molecule has 136 valence electrons. The first kappa shape index (κ1) is 17.8. The van der Waals surface area contributed by atoms with E-state index in [-0.39, 0.29) is 24.1 Å². The van der Waals surface area contributed by atoms with Crippen LogP contribution in [0.3, 0.4) is 0 Å². The molecule has 3 rings (SSSR count). The van der Waals surface area contributed by atoms with Gasteiger partial charge in [0, 0.05) is 39.3 Å². The molecule has 1 aromatic carbocycles. The molecule has 7 heteroatoms. The van der Waals surface area contributed by atoms with Crippen molar-refractivity contribution in [2.45, 2.75) is 6.42 Å². The Balaban J connectivity index is 1.43. The summed E-state index contributed by atoms with van der Waals surface area (Å²) in [6.45, 7) is 5.61. The van der Waals surface area contributed by atoms with Gasteiger partial charge in [0.1, 0.15) is 5.82 Å². The van der Waals surface area contributed by atoms with Gasteiger partial charge in [0.15, 0.2) is 0 Å². The number of ether oxygens (including phenoxy) is 1. The molecule has 2 amide bonds. The summed E-state index contributed by atoms with van der Waals surface area (Å²) in [5.74, 6) is -0.164. The zero-order chi connectivity index (χ0) is 17.6. The van der Waals surface area contributed by atoms with E-state index < -0.39 is 0 Å². The second kappa shape index (κ2) is 8.40. The first-order chi connectivity index (χ1) is 12.1. The van der Waals surface area contributed by atoms with Crippen molar-refractivity contribution < 1.29 is 18.7 Å². The molecule has 0 radical (unpaired) electrons. The number of carbonyl (C=O) groups is 2. The van der Waals surface area contributed by atoms with Crippen molar-refractivity contribution in [2.24, 2.45) is 0 Å². The molecule has 0 N–H and O–H groups in total. The van der Waals surface area contributed by atoms with Crippen LogP contribution in [-0.2, 0) is 20.7 Å². The van der Waals surface area contributed by atoms with E-state index in [1.165, 1.54) is 12.1 Å². The van der Waals surface area contributed by atoms with Crippen LogP contribution < -0.4 is 0 Å². The molecule has 25 heavy (non-hydrogen) atoms. The Kier molecular flexibility index (Phi) is 5.99. The summed E-state index contributed by atoms with van der Waals surface area (Å²) < 4.78 is 18.2. The molecule has 0 atom stereocenters. The van der Waals surface area contributed by atoms with Gasteiger partial charge < -0.3 is 14.5 Å². The highest BCUT2D eigenvalue weighted by Gasteiger charge is 2.25. The van der Waals surface area contributed by atoms with Crippen molar-refractivity contribution in [1.29, 1.82) is 0 Å². The van der Waals surface area contributed by atoms with E-state index in [9.17, 15) is 14.0 Å². The number of benzene rings is 1. The number of hydrogen-bond acceptors (Lipinski definition) is 4. The smallest absolute Gasteiger partial charge is 0.236 e. The molecule has 0 aliphatic carbocycles. The Morgan fingerprint density at radius 2 is 1.44 bits per heavy atom. The van der Waals surface area contributed by atoms with Gasteiger partial charge in [0.2, 0.25) is 11.8 Å². The van der Waals surface area contributed by atoms with E-state index in [1.807, 2.05) is 4.90 Å². The van der Waals surface area contributed by atoms with Crippen LogP contribution >= 0.6 is 0 Å². The van der Waals surface area contributed by atoms with Gasteiger partial charge in [-0.05, 0) is 17.7 Å². The molecule has 0 unspecified atom stereocenters. The monoisotopic (exact) mass is 349 g/mol. The molecule has 2 fully saturated rings. The first-order valence-corrected chi connectivity index (χ1v) is 8.72. The third-order valence-electron chi connectivity index (χ3n) is 4.72.